The topological polar surface area (TPSA) is 42.0 Å². The first kappa shape index (κ1) is 17.2. The maximum Gasteiger partial charge on any atom is 0.251 e. The molecule has 1 aromatic carbocycles. The summed E-state index contributed by atoms with van der Waals surface area (Å²) in [7, 11) is 0. The Morgan fingerprint density at radius 3 is 2.54 bits per heavy atom. The van der Waals surface area contributed by atoms with Crippen LogP contribution in [0.5, 0.6) is 5.75 Å². The van der Waals surface area contributed by atoms with Gasteiger partial charge in [-0.3, -0.25) is 9.69 Å². The number of ether oxygens (including phenoxy) is 2. The molecule has 1 unspecified atom stereocenters. The molecular formula is C19H28N2O3. The summed E-state index contributed by atoms with van der Waals surface area (Å²) in [5.74, 6) is 1.74. The third-order valence-electron chi connectivity index (χ3n) is 4.73. The van der Waals surface area contributed by atoms with E-state index in [1.165, 1.54) is 12.8 Å². The highest BCUT2D eigenvalue weighted by molar-refractivity contribution is 5.80. The number of benzene rings is 1. The highest BCUT2D eigenvalue weighted by Crippen LogP contribution is 2.29. The lowest BCUT2D eigenvalue weighted by atomic mass is 10.2. The van der Waals surface area contributed by atoms with Gasteiger partial charge in [0.25, 0.3) is 5.91 Å². The molecule has 1 amide bonds. The summed E-state index contributed by atoms with van der Waals surface area (Å²) >= 11 is 0. The van der Waals surface area contributed by atoms with Crippen LogP contribution in [0.15, 0.2) is 30.3 Å². The van der Waals surface area contributed by atoms with Gasteiger partial charge in [0.1, 0.15) is 18.5 Å². The number of hydrogen-bond acceptors (Lipinski definition) is 4. The second kappa shape index (κ2) is 8.49. The van der Waals surface area contributed by atoms with E-state index in [0.717, 1.165) is 45.1 Å². The minimum absolute atomic E-state index is 0.135. The van der Waals surface area contributed by atoms with E-state index in [-0.39, 0.29) is 12.0 Å². The van der Waals surface area contributed by atoms with Gasteiger partial charge in [0, 0.05) is 32.7 Å². The van der Waals surface area contributed by atoms with Gasteiger partial charge in [-0.1, -0.05) is 18.2 Å². The predicted molar refractivity (Wildman–Crippen MR) is 93.1 cm³/mol. The van der Waals surface area contributed by atoms with Crippen LogP contribution in [0, 0.1) is 5.92 Å². The number of hydrogen-bond donors (Lipinski definition) is 0. The molecular weight excluding hydrogens is 304 g/mol. The van der Waals surface area contributed by atoms with E-state index in [0.29, 0.717) is 12.5 Å². The van der Waals surface area contributed by atoms with Crippen LogP contribution in [0.1, 0.15) is 19.8 Å². The molecule has 0 bridgehead atoms. The van der Waals surface area contributed by atoms with Crippen molar-refractivity contribution in [2.45, 2.75) is 25.9 Å². The first-order chi connectivity index (χ1) is 11.7. The highest BCUT2D eigenvalue weighted by Gasteiger charge is 2.28. The van der Waals surface area contributed by atoms with Gasteiger partial charge in [-0.25, -0.2) is 0 Å². The van der Waals surface area contributed by atoms with E-state index in [2.05, 4.69) is 4.90 Å². The molecule has 1 aromatic rings. The standard InChI is InChI=1S/C19H28N2O3/c1-16(24-15-17-7-8-17)19(22)21-11-9-20(10-12-21)13-14-23-18-5-3-2-4-6-18/h2-6,16-17H,7-15H2,1H3. The van der Waals surface area contributed by atoms with E-state index in [1.807, 2.05) is 42.2 Å². The Bertz CT molecular complexity index is 511. The van der Waals surface area contributed by atoms with Crippen molar-refractivity contribution in [2.75, 3.05) is 45.9 Å². The van der Waals surface area contributed by atoms with Crippen molar-refractivity contribution in [3.63, 3.8) is 0 Å². The van der Waals surface area contributed by atoms with Crippen LogP contribution >= 0.6 is 0 Å². The van der Waals surface area contributed by atoms with E-state index >= 15 is 0 Å². The summed E-state index contributed by atoms with van der Waals surface area (Å²) in [6.07, 6.45) is 2.20. The lowest BCUT2D eigenvalue weighted by Crippen LogP contribution is -2.52. The van der Waals surface area contributed by atoms with Crippen molar-refractivity contribution in [2.24, 2.45) is 5.92 Å². The average Bonchev–Trinajstić information content (AvgIpc) is 3.45. The van der Waals surface area contributed by atoms with E-state index in [9.17, 15) is 4.79 Å². The monoisotopic (exact) mass is 332 g/mol. The van der Waals surface area contributed by atoms with Crippen LogP contribution in [0.4, 0.5) is 0 Å². The summed E-state index contributed by atoms with van der Waals surface area (Å²) in [4.78, 5) is 16.7. The molecule has 1 heterocycles. The van der Waals surface area contributed by atoms with Crippen molar-refractivity contribution in [1.82, 2.24) is 9.80 Å². The first-order valence-corrected chi connectivity index (χ1v) is 9.03. The molecule has 132 valence electrons. The zero-order valence-corrected chi connectivity index (χ0v) is 14.5. The fourth-order valence-electron chi connectivity index (χ4n) is 2.89. The van der Waals surface area contributed by atoms with Crippen LogP contribution in [0.25, 0.3) is 0 Å². The van der Waals surface area contributed by atoms with Gasteiger partial charge < -0.3 is 14.4 Å². The summed E-state index contributed by atoms with van der Waals surface area (Å²) < 4.78 is 11.4. The Labute approximate surface area is 144 Å². The number of carbonyl (C=O) groups excluding carboxylic acids is 1. The van der Waals surface area contributed by atoms with Gasteiger partial charge in [-0.15, -0.1) is 0 Å². The molecule has 2 fully saturated rings. The van der Waals surface area contributed by atoms with Crippen molar-refractivity contribution >= 4 is 5.91 Å². The zero-order valence-electron chi connectivity index (χ0n) is 14.5. The van der Waals surface area contributed by atoms with Gasteiger partial charge in [-0.05, 0) is 37.8 Å². The molecule has 1 saturated heterocycles. The Kier molecular flexibility index (Phi) is 6.10. The third kappa shape index (κ3) is 5.21. The molecule has 0 spiro atoms. The van der Waals surface area contributed by atoms with Gasteiger partial charge in [0.15, 0.2) is 0 Å². The first-order valence-electron chi connectivity index (χ1n) is 9.03. The predicted octanol–water partition coefficient (Wildman–Crippen LogP) is 2.02. The Balaban J connectivity index is 1.32. The minimum atomic E-state index is -0.307. The molecule has 0 radical (unpaired) electrons. The molecule has 1 aliphatic carbocycles. The fourth-order valence-corrected chi connectivity index (χ4v) is 2.89. The van der Waals surface area contributed by atoms with Gasteiger partial charge in [-0.2, -0.15) is 0 Å². The SMILES string of the molecule is CC(OCC1CC1)C(=O)N1CCN(CCOc2ccccc2)CC1. The van der Waals surface area contributed by atoms with Crippen LogP contribution in [0.3, 0.4) is 0 Å². The molecule has 5 nitrogen and oxygen atoms in total. The van der Waals surface area contributed by atoms with Crippen LogP contribution < -0.4 is 4.74 Å². The zero-order chi connectivity index (χ0) is 16.8. The number of rotatable bonds is 8. The molecule has 1 atom stereocenters. The Morgan fingerprint density at radius 2 is 1.88 bits per heavy atom. The molecule has 1 aliphatic heterocycles. The smallest absolute Gasteiger partial charge is 0.251 e. The fraction of sp³-hybridized carbons (Fsp3) is 0.632. The second-order valence-electron chi connectivity index (χ2n) is 6.75. The Morgan fingerprint density at radius 1 is 1.17 bits per heavy atom. The molecule has 3 rings (SSSR count). The highest BCUT2D eigenvalue weighted by atomic mass is 16.5. The van der Waals surface area contributed by atoms with Gasteiger partial charge in [0.05, 0.1) is 6.61 Å². The van der Waals surface area contributed by atoms with Gasteiger partial charge in [0.2, 0.25) is 0 Å². The minimum Gasteiger partial charge on any atom is -0.492 e. The third-order valence-corrected chi connectivity index (χ3v) is 4.73. The van der Waals surface area contributed by atoms with Crippen molar-refractivity contribution < 1.29 is 14.3 Å². The molecule has 2 aliphatic rings. The van der Waals surface area contributed by atoms with E-state index in [1.54, 1.807) is 0 Å². The largest absolute Gasteiger partial charge is 0.492 e. The van der Waals surface area contributed by atoms with E-state index < -0.39 is 0 Å². The Hall–Kier alpha value is -1.59. The maximum atomic E-state index is 12.4. The molecule has 24 heavy (non-hydrogen) atoms. The summed E-state index contributed by atoms with van der Waals surface area (Å²) in [6, 6.07) is 9.89. The quantitative estimate of drug-likeness (QED) is 0.730. The average molecular weight is 332 g/mol. The summed E-state index contributed by atoms with van der Waals surface area (Å²) in [5, 5.41) is 0. The van der Waals surface area contributed by atoms with Crippen LogP contribution in [0.2, 0.25) is 0 Å². The summed E-state index contributed by atoms with van der Waals surface area (Å²) in [5.41, 5.74) is 0. The number of para-hydroxylation sites is 1. The molecule has 0 N–H and O–H groups in total. The lowest BCUT2D eigenvalue weighted by molar-refractivity contribution is -0.144. The molecule has 5 heteroatoms. The maximum absolute atomic E-state index is 12.4. The summed E-state index contributed by atoms with van der Waals surface area (Å²) in [6.45, 7) is 7.55. The van der Waals surface area contributed by atoms with Crippen molar-refractivity contribution in [1.29, 1.82) is 0 Å². The molecule has 0 aromatic heterocycles. The van der Waals surface area contributed by atoms with E-state index in [4.69, 9.17) is 9.47 Å². The van der Waals surface area contributed by atoms with Crippen molar-refractivity contribution in [3.05, 3.63) is 30.3 Å². The lowest BCUT2D eigenvalue weighted by Gasteiger charge is -2.35. The van der Waals surface area contributed by atoms with Gasteiger partial charge >= 0.3 is 0 Å². The number of nitrogens with zero attached hydrogens (tertiary/aromatic N) is 2. The molecule has 1 saturated carbocycles. The number of piperazine rings is 1. The van der Waals surface area contributed by atoms with Crippen LogP contribution in [-0.2, 0) is 9.53 Å². The number of amides is 1. The number of carbonyl (C=O) groups is 1. The second-order valence-corrected chi connectivity index (χ2v) is 6.75. The van der Waals surface area contributed by atoms with Crippen LogP contribution in [-0.4, -0.2) is 67.7 Å². The normalized spacial score (nSPS) is 20.0. The van der Waals surface area contributed by atoms with Crippen molar-refractivity contribution in [3.8, 4) is 5.75 Å².